The molecule has 4 rings (SSSR count). The third kappa shape index (κ3) is 5.94. The highest BCUT2D eigenvalue weighted by Crippen LogP contribution is 2.37. The van der Waals surface area contributed by atoms with Gasteiger partial charge in [0.1, 0.15) is 5.82 Å². The average molecular weight is 484 g/mol. The summed E-state index contributed by atoms with van der Waals surface area (Å²) in [6, 6.07) is 12.5. The van der Waals surface area contributed by atoms with Gasteiger partial charge in [-0.05, 0) is 73.3 Å². The van der Waals surface area contributed by atoms with Crippen LogP contribution < -0.4 is 5.32 Å². The zero-order valence-corrected chi connectivity index (χ0v) is 20.4. The molecule has 1 fully saturated rings. The summed E-state index contributed by atoms with van der Waals surface area (Å²) < 4.78 is 13.7. The van der Waals surface area contributed by atoms with Crippen LogP contribution in [0.25, 0.3) is 22.8 Å². The molecular formula is C27H28Cl2FN3. The van der Waals surface area contributed by atoms with Crippen molar-refractivity contribution >= 4 is 40.5 Å². The van der Waals surface area contributed by atoms with E-state index in [4.69, 9.17) is 23.2 Å². The van der Waals surface area contributed by atoms with Gasteiger partial charge in [0.05, 0.1) is 5.69 Å². The molecule has 0 amide bonds. The first kappa shape index (κ1) is 23.7. The number of nitrogens with one attached hydrogen (secondary N) is 1. The second kappa shape index (κ2) is 10.7. The first-order valence-electron chi connectivity index (χ1n) is 11.3. The number of halogens is 3. The number of piperidine rings is 1. The normalized spacial score (nSPS) is 15.6. The van der Waals surface area contributed by atoms with Gasteiger partial charge in [0, 0.05) is 52.7 Å². The van der Waals surface area contributed by atoms with Gasteiger partial charge in [0.15, 0.2) is 0 Å². The lowest BCUT2D eigenvalue weighted by molar-refractivity contribution is 0.229. The second-order valence-electron chi connectivity index (χ2n) is 8.50. The maximum atomic E-state index is 13.7. The fourth-order valence-corrected chi connectivity index (χ4v) is 4.89. The van der Waals surface area contributed by atoms with E-state index in [1.165, 1.54) is 12.1 Å². The Morgan fingerprint density at radius 3 is 2.52 bits per heavy atom. The molecule has 1 N–H and O–H groups in total. The predicted octanol–water partition coefficient (Wildman–Crippen LogP) is 7.65. The van der Waals surface area contributed by atoms with Crippen LogP contribution in [0.1, 0.15) is 37.8 Å². The SMILES string of the molecule is CCN1CCC(Nc2c(/C(C)=C/c3cccc(F)c3)cncc2-c2cc(Cl)cc(Cl)c2)CC1. The van der Waals surface area contributed by atoms with Gasteiger partial charge in [-0.25, -0.2) is 4.39 Å². The first-order valence-corrected chi connectivity index (χ1v) is 12.1. The average Bonchev–Trinajstić information content (AvgIpc) is 2.79. The summed E-state index contributed by atoms with van der Waals surface area (Å²) in [5.41, 5.74) is 5.65. The molecular weight excluding hydrogens is 456 g/mol. The number of aromatic nitrogens is 1. The highest BCUT2D eigenvalue weighted by atomic mass is 35.5. The summed E-state index contributed by atoms with van der Waals surface area (Å²) in [7, 11) is 0. The lowest BCUT2D eigenvalue weighted by Crippen LogP contribution is -2.39. The molecule has 1 aliphatic heterocycles. The lowest BCUT2D eigenvalue weighted by atomic mass is 9.96. The van der Waals surface area contributed by atoms with Crippen molar-refractivity contribution in [1.82, 2.24) is 9.88 Å². The molecule has 3 aromatic rings. The zero-order chi connectivity index (χ0) is 23.4. The number of hydrogen-bond acceptors (Lipinski definition) is 3. The molecule has 0 atom stereocenters. The Labute approximate surface area is 205 Å². The molecule has 172 valence electrons. The molecule has 3 nitrogen and oxygen atoms in total. The van der Waals surface area contributed by atoms with Gasteiger partial charge in [-0.2, -0.15) is 0 Å². The number of allylic oxidation sites excluding steroid dienone is 1. The van der Waals surface area contributed by atoms with Gasteiger partial charge in [-0.3, -0.25) is 4.98 Å². The van der Waals surface area contributed by atoms with Crippen LogP contribution in [-0.4, -0.2) is 35.6 Å². The van der Waals surface area contributed by atoms with Crippen LogP contribution >= 0.6 is 23.2 Å². The van der Waals surface area contributed by atoms with Crippen LogP contribution in [0.5, 0.6) is 0 Å². The Balaban J connectivity index is 1.77. The van der Waals surface area contributed by atoms with Crippen molar-refractivity contribution in [2.75, 3.05) is 25.0 Å². The van der Waals surface area contributed by atoms with E-state index in [2.05, 4.69) is 22.1 Å². The first-order chi connectivity index (χ1) is 15.9. The minimum absolute atomic E-state index is 0.252. The van der Waals surface area contributed by atoms with Gasteiger partial charge in [-0.1, -0.05) is 48.3 Å². The van der Waals surface area contributed by atoms with E-state index in [0.717, 1.165) is 66.0 Å². The van der Waals surface area contributed by atoms with Crippen LogP contribution in [0.15, 0.2) is 54.9 Å². The number of pyridine rings is 1. The van der Waals surface area contributed by atoms with Crippen LogP contribution in [0.4, 0.5) is 10.1 Å². The molecule has 0 spiro atoms. The van der Waals surface area contributed by atoms with E-state index in [-0.39, 0.29) is 5.82 Å². The number of likely N-dealkylation sites (tertiary alicyclic amines) is 1. The molecule has 33 heavy (non-hydrogen) atoms. The zero-order valence-electron chi connectivity index (χ0n) is 18.9. The Hall–Kier alpha value is -2.40. The third-order valence-electron chi connectivity index (χ3n) is 6.16. The summed E-state index contributed by atoms with van der Waals surface area (Å²) in [6.45, 7) is 7.46. The van der Waals surface area contributed by atoms with E-state index < -0.39 is 0 Å². The van der Waals surface area contributed by atoms with Crippen molar-refractivity contribution in [2.24, 2.45) is 0 Å². The van der Waals surface area contributed by atoms with Crippen LogP contribution in [0, 0.1) is 5.82 Å². The van der Waals surface area contributed by atoms with E-state index in [1.54, 1.807) is 12.1 Å². The molecule has 2 aromatic carbocycles. The van der Waals surface area contributed by atoms with Crippen molar-refractivity contribution in [3.63, 3.8) is 0 Å². The second-order valence-corrected chi connectivity index (χ2v) is 9.38. The lowest BCUT2D eigenvalue weighted by Gasteiger charge is -2.33. The van der Waals surface area contributed by atoms with Gasteiger partial charge < -0.3 is 10.2 Å². The minimum Gasteiger partial charge on any atom is -0.381 e. The Bertz CT molecular complexity index is 1130. The molecule has 2 heterocycles. The Morgan fingerprint density at radius 1 is 1.12 bits per heavy atom. The van der Waals surface area contributed by atoms with Gasteiger partial charge in [-0.15, -0.1) is 0 Å². The number of benzene rings is 2. The number of hydrogen-bond donors (Lipinski definition) is 1. The molecule has 0 unspecified atom stereocenters. The van der Waals surface area contributed by atoms with Gasteiger partial charge in [0.25, 0.3) is 0 Å². The van der Waals surface area contributed by atoms with Crippen molar-refractivity contribution in [3.05, 3.63) is 81.8 Å². The van der Waals surface area contributed by atoms with E-state index in [0.29, 0.717) is 16.1 Å². The summed E-state index contributed by atoms with van der Waals surface area (Å²) in [4.78, 5) is 7.00. The topological polar surface area (TPSA) is 28.2 Å². The fourth-order valence-electron chi connectivity index (χ4n) is 4.36. The highest BCUT2D eigenvalue weighted by Gasteiger charge is 2.21. The Kier molecular flexibility index (Phi) is 7.69. The summed E-state index contributed by atoms with van der Waals surface area (Å²) in [5.74, 6) is -0.252. The Morgan fingerprint density at radius 2 is 1.85 bits per heavy atom. The minimum atomic E-state index is -0.252. The van der Waals surface area contributed by atoms with Crippen molar-refractivity contribution < 1.29 is 4.39 Å². The molecule has 0 saturated carbocycles. The quantitative estimate of drug-likeness (QED) is 0.390. The predicted molar refractivity (Wildman–Crippen MR) is 138 cm³/mol. The molecule has 1 aromatic heterocycles. The fraction of sp³-hybridized carbons (Fsp3) is 0.296. The summed E-state index contributed by atoms with van der Waals surface area (Å²) in [6.07, 6.45) is 7.84. The molecule has 0 bridgehead atoms. The third-order valence-corrected chi connectivity index (χ3v) is 6.60. The number of nitrogens with zero attached hydrogens (tertiary/aromatic N) is 2. The van der Waals surface area contributed by atoms with E-state index >= 15 is 0 Å². The molecule has 6 heteroatoms. The summed E-state index contributed by atoms with van der Waals surface area (Å²) in [5, 5.41) is 4.97. The van der Waals surface area contributed by atoms with E-state index in [1.807, 2.05) is 43.6 Å². The van der Waals surface area contributed by atoms with Crippen molar-refractivity contribution in [2.45, 2.75) is 32.7 Å². The molecule has 1 aliphatic rings. The standard InChI is InChI=1S/C27H28Cl2FN3/c1-3-33-9-7-24(8-10-33)32-27-25(18(2)11-19-5-4-6-23(30)12-19)16-31-17-26(27)20-13-21(28)15-22(29)14-20/h4-6,11-17,24H,3,7-10H2,1-2H3,(H,31,32)/b18-11+. The largest absolute Gasteiger partial charge is 0.381 e. The highest BCUT2D eigenvalue weighted by molar-refractivity contribution is 6.35. The van der Waals surface area contributed by atoms with Gasteiger partial charge >= 0.3 is 0 Å². The molecule has 0 aliphatic carbocycles. The smallest absolute Gasteiger partial charge is 0.123 e. The van der Waals surface area contributed by atoms with Crippen LogP contribution in [0.2, 0.25) is 10.0 Å². The van der Waals surface area contributed by atoms with Crippen LogP contribution in [0.3, 0.4) is 0 Å². The van der Waals surface area contributed by atoms with Crippen molar-refractivity contribution in [1.29, 1.82) is 0 Å². The molecule has 1 saturated heterocycles. The number of anilines is 1. The maximum absolute atomic E-state index is 13.7. The van der Waals surface area contributed by atoms with Crippen LogP contribution in [-0.2, 0) is 0 Å². The summed E-state index contributed by atoms with van der Waals surface area (Å²) >= 11 is 12.6. The van der Waals surface area contributed by atoms with Gasteiger partial charge in [0.2, 0.25) is 0 Å². The monoisotopic (exact) mass is 483 g/mol. The molecule has 0 radical (unpaired) electrons. The maximum Gasteiger partial charge on any atom is 0.123 e. The van der Waals surface area contributed by atoms with Crippen molar-refractivity contribution in [3.8, 4) is 11.1 Å². The number of rotatable bonds is 6. The van der Waals surface area contributed by atoms with E-state index in [9.17, 15) is 4.39 Å².